The van der Waals surface area contributed by atoms with Gasteiger partial charge >= 0.3 is 5.97 Å². The minimum absolute atomic E-state index is 0.0839. The molecule has 2 N–H and O–H groups in total. The van der Waals surface area contributed by atoms with Gasteiger partial charge in [-0.05, 0) is 18.0 Å². The van der Waals surface area contributed by atoms with E-state index < -0.39 is 5.97 Å². The van der Waals surface area contributed by atoms with E-state index in [0.29, 0.717) is 17.0 Å². The Hall–Kier alpha value is -1.50. The molecule has 1 aromatic heterocycles. The molecule has 0 aliphatic carbocycles. The van der Waals surface area contributed by atoms with Crippen molar-refractivity contribution in [2.75, 3.05) is 6.54 Å². The monoisotopic (exact) mass is 229 g/mol. The van der Waals surface area contributed by atoms with Crippen LogP contribution in [0.25, 0.3) is 0 Å². The number of carboxylic acids is 1. The zero-order valence-electron chi connectivity index (χ0n) is 8.19. The van der Waals surface area contributed by atoms with Crippen LogP contribution in [0.5, 0.6) is 0 Å². The van der Waals surface area contributed by atoms with Crippen LogP contribution < -0.4 is 5.32 Å². The molecule has 0 aliphatic rings. The predicted molar refractivity (Wildman–Crippen MR) is 53.9 cm³/mol. The van der Waals surface area contributed by atoms with Gasteiger partial charge in [-0.3, -0.25) is 9.59 Å². The second-order valence-corrected chi connectivity index (χ2v) is 3.56. The minimum Gasteiger partial charge on any atom is -0.481 e. The molecule has 0 aliphatic heterocycles. The molecule has 82 valence electrons. The second kappa shape index (κ2) is 5.40. The largest absolute Gasteiger partial charge is 0.481 e. The first-order valence-corrected chi connectivity index (χ1v) is 5.23. The molecule has 0 aromatic carbocycles. The van der Waals surface area contributed by atoms with Gasteiger partial charge in [0, 0.05) is 6.54 Å². The number of carbonyl (C=O) groups excluding carboxylic acids is 1. The van der Waals surface area contributed by atoms with Crippen molar-refractivity contribution in [1.82, 2.24) is 14.9 Å². The van der Waals surface area contributed by atoms with E-state index >= 15 is 0 Å². The number of carbonyl (C=O) groups is 2. The van der Waals surface area contributed by atoms with Gasteiger partial charge in [-0.15, -0.1) is 5.10 Å². The maximum atomic E-state index is 11.5. The number of aryl methyl sites for hydroxylation is 1. The Morgan fingerprint density at radius 2 is 2.27 bits per heavy atom. The molecule has 0 radical (unpaired) electrons. The van der Waals surface area contributed by atoms with Crippen LogP contribution in [0.2, 0.25) is 0 Å². The molecule has 0 spiro atoms. The molecule has 0 unspecified atom stereocenters. The molecule has 0 bridgehead atoms. The van der Waals surface area contributed by atoms with E-state index in [1.165, 1.54) is 0 Å². The third kappa shape index (κ3) is 3.28. The molecule has 15 heavy (non-hydrogen) atoms. The maximum absolute atomic E-state index is 11.5. The molecule has 0 atom stereocenters. The highest BCUT2D eigenvalue weighted by atomic mass is 32.1. The first-order chi connectivity index (χ1) is 7.15. The highest BCUT2D eigenvalue weighted by molar-refractivity contribution is 7.08. The minimum atomic E-state index is -0.937. The lowest BCUT2D eigenvalue weighted by Gasteiger charge is -2.01. The molecule has 1 amide bonds. The average molecular weight is 229 g/mol. The Balaban J connectivity index is 2.50. The Labute approximate surface area is 90.5 Å². The van der Waals surface area contributed by atoms with Gasteiger partial charge in [0.2, 0.25) is 0 Å². The van der Waals surface area contributed by atoms with E-state index in [4.69, 9.17) is 5.11 Å². The number of nitrogens with zero attached hydrogens (tertiary/aromatic N) is 2. The number of aromatic nitrogens is 2. The lowest BCUT2D eigenvalue weighted by molar-refractivity contribution is -0.136. The summed E-state index contributed by atoms with van der Waals surface area (Å²) >= 11 is 1.02. The fourth-order valence-electron chi connectivity index (χ4n) is 0.976. The number of aliphatic carboxylic acids is 1. The van der Waals surface area contributed by atoms with Crippen LogP contribution in [0, 0.1) is 0 Å². The van der Waals surface area contributed by atoms with Crippen LogP contribution in [-0.4, -0.2) is 33.1 Å². The third-order valence-electron chi connectivity index (χ3n) is 1.72. The van der Waals surface area contributed by atoms with Gasteiger partial charge < -0.3 is 10.4 Å². The smallest absolute Gasteiger partial charge is 0.305 e. The lowest BCUT2D eigenvalue weighted by atomic mass is 10.3. The first kappa shape index (κ1) is 11.6. The normalized spacial score (nSPS) is 9.93. The Morgan fingerprint density at radius 3 is 2.87 bits per heavy atom. The molecule has 0 saturated heterocycles. The van der Waals surface area contributed by atoms with Crippen LogP contribution in [0.15, 0.2) is 0 Å². The Bertz CT molecular complexity index is 364. The highest BCUT2D eigenvalue weighted by Crippen LogP contribution is 2.10. The molecule has 0 fully saturated rings. The molecule has 0 saturated carbocycles. The van der Waals surface area contributed by atoms with Gasteiger partial charge in [-0.1, -0.05) is 11.4 Å². The SMILES string of the molecule is CCc1nnsc1C(=O)NCCC(=O)O. The fourth-order valence-corrected chi connectivity index (χ4v) is 1.64. The zero-order chi connectivity index (χ0) is 11.3. The van der Waals surface area contributed by atoms with E-state index in [2.05, 4.69) is 14.9 Å². The van der Waals surface area contributed by atoms with Gasteiger partial charge in [-0.2, -0.15) is 0 Å². The second-order valence-electron chi connectivity index (χ2n) is 2.80. The van der Waals surface area contributed by atoms with Crippen molar-refractivity contribution < 1.29 is 14.7 Å². The summed E-state index contributed by atoms with van der Waals surface area (Å²) < 4.78 is 3.67. The highest BCUT2D eigenvalue weighted by Gasteiger charge is 2.14. The van der Waals surface area contributed by atoms with E-state index in [9.17, 15) is 9.59 Å². The number of carboxylic acid groups (broad SMARTS) is 1. The molecular formula is C8H11N3O3S. The summed E-state index contributed by atoms with van der Waals surface area (Å²) in [4.78, 5) is 22.2. The molecule has 7 heteroatoms. The Kier molecular flexibility index (Phi) is 4.17. The predicted octanol–water partition coefficient (Wildman–Crippen LogP) is 0.305. The summed E-state index contributed by atoms with van der Waals surface area (Å²) in [6.45, 7) is 2.00. The summed E-state index contributed by atoms with van der Waals surface area (Å²) in [6.07, 6.45) is 0.553. The van der Waals surface area contributed by atoms with E-state index in [-0.39, 0.29) is 18.9 Å². The van der Waals surface area contributed by atoms with Gasteiger partial charge in [0.1, 0.15) is 4.88 Å². The summed E-state index contributed by atoms with van der Waals surface area (Å²) in [5.41, 5.74) is 0.646. The molecule has 1 rings (SSSR count). The quantitative estimate of drug-likeness (QED) is 0.757. The van der Waals surface area contributed by atoms with Crippen molar-refractivity contribution in [2.24, 2.45) is 0 Å². The van der Waals surface area contributed by atoms with E-state index in [1.807, 2.05) is 6.92 Å². The Morgan fingerprint density at radius 1 is 1.53 bits per heavy atom. The number of amides is 1. The summed E-state index contributed by atoms with van der Waals surface area (Å²) in [5.74, 6) is -1.24. The van der Waals surface area contributed by atoms with Crippen LogP contribution in [0.4, 0.5) is 0 Å². The van der Waals surface area contributed by atoms with Gasteiger partial charge in [0.15, 0.2) is 0 Å². The van der Waals surface area contributed by atoms with E-state index in [1.54, 1.807) is 0 Å². The van der Waals surface area contributed by atoms with Crippen LogP contribution >= 0.6 is 11.5 Å². The average Bonchev–Trinajstić information content (AvgIpc) is 2.64. The van der Waals surface area contributed by atoms with Crippen molar-refractivity contribution >= 4 is 23.4 Å². The summed E-state index contributed by atoms with van der Waals surface area (Å²) in [7, 11) is 0. The number of hydrogen-bond donors (Lipinski definition) is 2. The molecule has 1 aromatic rings. The first-order valence-electron chi connectivity index (χ1n) is 4.46. The molecule has 1 heterocycles. The summed E-state index contributed by atoms with van der Waals surface area (Å²) in [5, 5.41) is 14.7. The van der Waals surface area contributed by atoms with E-state index in [0.717, 1.165) is 11.5 Å². The van der Waals surface area contributed by atoms with Crippen molar-refractivity contribution in [3.8, 4) is 0 Å². The number of nitrogens with one attached hydrogen (secondary N) is 1. The van der Waals surface area contributed by atoms with Gasteiger partial charge in [0.05, 0.1) is 12.1 Å². The van der Waals surface area contributed by atoms with Crippen molar-refractivity contribution in [3.63, 3.8) is 0 Å². The van der Waals surface area contributed by atoms with Crippen LogP contribution in [-0.2, 0) is 11.2 Å². The summed E-state index contributed by atoms with van der Waals surface area (Å²) in [6, 6.07) is 0. The number of hydrogen-bond acceptors (Lipinski definition) is 5. The third-order valence-corrected chi connectivity index (χ3v) is 2.49. The van der Waals surface area contributed by atoms with Crippen molar-refractivity contribution in [3.05, 3.63) is 10.6 Å². The fraction of sp³-hybridized carbons (Fsp3) is 0.500. The van der Waals surface area contributed by atoms with Gasteiger partial charge in [0.25, 0.3) is 5.91 Å². The topological polar surface area (TPSA) is 92.2 Å². The van der Waals surface area contributed by atoms with Gasteiger partial charge in [-0.25, -0.2) is 0 Å². The maximum Gasteiger partial charge on any atom is 0.305 e. The lowest BCUT2D eigenvalue weighted by Crippen LogP contribution is -2.26. The van der Waals surface area contributed by atoms with Crippen molar-refractivity contribution in [1.29, 1.82) is 0 Å². The molecular weight excluding hydrogens is 218 g/mol. The standard InChI is InChI=1S/C8H11N3O3S/c1-2-5-7(15-11-10-5)8(14)9-4-3-6(12)13/h2-4H2,1H3,(H,9,14)(H,12,13). The number of rotatable bonds is 5. The van der Waals surface area contributed by atoms with Crippen LogP contribution in [0.1, 0.15) is 28.7 Å². The zero-order valence-corrected chi connectivity index (χ0v) is 9.00. The van der Waals surface area contributed by atoms with Crippen molar-refractivity contribution in [2.45, 2.75) is 19.8 Å². The molecule has 6 nitrogen and oxygen atoms in total. The van der Waals surface area contributed by atoms with Crippen LogP contribution in [0.3, 0.4) is 0 Å².